The van der Waals surface area contributed by atoms with Gasteiger partial charge in [-0.2, -0.15) is 5.26 Å². The minimum Gasteiger partial charge on any atom is -0.381 e. The van der Waals surface area contributed by atoms with Gasteiger partial charge in [0.05, 0.1) is 30.4 Å². The highest BCUT2D eigenvalue weighted by molar-refractivity contribution is 6.08. The fraction of sp³-hybridized carbons (Fsp3) is 0.654. The molecule has 0 unspecified atom stereocenters. The molecule has 1 aromatic carbocycles. The molecule has 2 N–H and O–H groups in total. The standard InChI is InChI=1S/C26H34N4O3/c1-16-8-9-25(12-17(2)22(16)32-3)13-19-7-6-18(14-27)11-21(19)26(25)23(31)30(24(28)29-26)15-20-5-4-10-33-20/h6-7,11,16-17,20,22H,4-5,8-10,12-13,15H2,1-3H3,(H2,28,29)/t16-,17+,20+,22+,25+,26+/m0/s1. The highest BCUT2D eigenvalue weighted by Crippen LogP contribution is 2.62. The normalized spacial score (nSPS) is 37.9. The molecule has 6 atom stereocenters. The molecule has 5 rings (SSSR count). The van der Waals surface area contributed by atoms with Gasteiger partial charge in [0.2, 0.25) is 0 Å². The molecule has 2 fully saturated rings. The van der Waals surface area contributed by atoms with E-state index in [1.807, 2.05) is 18.2 Å². The summed E-state index contributed by atoms with van der Waals surface area (Å²) in [6.45, 7) is 5.63. The van der Waals surface area contributed by atoms with E-state index in [0.29, 0.717) is 18.0 Å². The van der Waals surface area contributed by atoms with E-state index >= 15 is 0 Å². The molecule has 1 saturated heterocycles. The number of carbonyl (C=O) groups is 1. The van der Waals surface area contributed by atoms with Gasteiger partial charge in [0.25, 0.3) is 5.91 Å². The number of amides is 1. The predicted molar refractivity (Wildman–Crippen MR) is 124 cm³/mol. The summed E-state index contributed by atoms with van der Waals surface area (Å²) in [4.78, 5) is 21.1. The van der Waals surface area contributed by atoms with E-state index in [1.165, 1.54) is 0 Å². The monoisotopic (exact) mass is 450 g/mol. The molecule has 1 amide bonds. The number of hydrogen-bond donors (Lipinski definition) is 1. The van der Waals surface area contributed by atoms with Gasteiger partial charge in [0, 0.05) is 19.1 Å². The van der Waals surface area contributed by atoms with E-state index in [9.17, 15) is 10.1 Å². The van der Waals surface area contributed by atoms with Crippen LogP contribution in [0.2, 0.25) is 0 Å². The van der Waals surface area contributed by atoms with E-state index in [2.05, 4.69) is 19.9 Å². The van der Waals surface area contributed by atoms with Crippen molar-refractivity contribution in [1.29, 1.82) is 5.26 Å². The molecule has 2 heterocycles. The van der Waals surface area contributed by atoms with Crippen molar-refractivity contribution in [2.24, 2.45) is 28.0 Å². The van der Waals surface area contributed by atoms with Crippen molar-refractivity contribution < 1.29 is 14.3 Å². The third-order valence-corrected chi connectivity index (χ3v) is 8.63. The number of nitrogens with two attached hydrogens (primary N) is 1. The second-order valence-corrected chi connectivity index (χ2v) is 10.6. The topological polar surface area (TPSA) is 101 Å². The van der Waals surface area contributed by atoms with Crippen molar-refractivity contribution >= 4 is 11.9 Å². The van der Waals surface area contributed by atoms with Crippen molar-refractivity contribution in [1.82, 2.24) is 4.90 Å². The number of guanidine groups is 1. The lowest BCUT2D eigenvalue weighted by Crippen LogP contribution is -2.52. The van der Waals surface area contributed by atoms with Crippen LogP contribution in [0, 0.1) is 28.6 Å². The van der Waals surface area contributed by atoms with E-state index < -0.39 is 11.0 Å². The molecule has 0 radical (unpaired) electrons. The van der Waals surface area contributed by atoms with Gasteiger partial charge in [-0.05, 0) is 73.6 Å². The summed E-state index contributed by atoms with van der Waals surface area (Å²) >= 11 is 0. The molecule has 0 bridgehead atoms. The van der Waals surface area contributed by atoms with Crippen LogP contribution < -0.4 is 5.73 Å². The largest absolute Gasteiger partial charge is 0.381 e. The van der Waals surface area contributed by atoms with Gasteiger partial charge in [-0.3, -0.25) is 9.69 Å². The lowest BCUT2D eigenvalue weighted by Gasteiger charge is -2.42. The number of fused-ring (bicyclic) bond motifs is 3. The van der Waals surface area contributed by atoms with Crippen molar-refractivity contribution in [2.45, 2.75) is 70.1 Å². The molecule has 7 nitrogen and oxygen atoms in total. The Morgan fingerprint density at radius 2 is 2.15 bits per heavy atom. The van der Waals surface area contributed by atoms with Crippen molar-refractivity contribution in [3.63, 3.8) is 0 Å². The predicted octanol–water partition coefficient (Wildman–Crippen LogP) is 3.10. The number of carbonyl (C=O) groups excluding carboxylic acids is 1. The first-order valence-corrected chi connectivity index (χ1v) is 12.2. The summed E-state index contributed by atoms with van der Waals surface area (Å²) in [5, 5.41) is 9.61. The zero-order valence-electron chi connectivity index (χ0n) is 19.8. The first-order chi connectivity index (χ1) is 15.8. The van der Waals surface area contributed by atoms with E-state index in [1.54, 1.807) is 12.0 Å². The average molecular weight is 451 g/mol. The van der Waals surface area contributed by atoms with Crippen molar-refractivity contribution in [3.05, 3.63) is 34.9 Å². The maximum atomic E-state index is 14.4. The van der Waals surface area contributed by atoms with Crippen LogP contribution in [-0.2, 0) is 26.2 Å². The third-order valence-electron chi connectivity index (χ3n) is 8.63. The van der Waals surface area contributed by atoms with Gasteiger partial charge < -0.3 is 15.2 Å². The van der Waals surface area contributed by atoms with Crippen molar-refractivity contribution in [2.75, 3.05) is 20.3 Å². The van der Waals surface area contributed by atoms with Gasteiger partial charge in [0.15, 0.2) is 11.5 Å². The summed E-state index contributed by atoms with van der Waals surface area (Å²) in [5.74, 6) is 0.879. The van der Waals surface area contributed by atoms with E-state index in [0.717, 1.165) is 56.3 Å². The Morgan fingerprint density at radius 1 is 1.33 bits per heavy atom. The maximum Gasteiger partial charge on any atom is 0.262 e. The molecule has 33 heavy (non-hydrogen) atoms. The summed E-state index contributed by atoms with van der Waals surface area (Å²) in [6.07, 6.45) is 5.46. The molecule has 2 aliphatic carbocycles. The Balaban J connectivity index is 1.63. The lowest BCUT2D eigenvalue weighted by atomic mass is 9.63. The Kier molecular flexibility index (Phi) is 5.49. The minimum absolute atomic E-state index is 0.00827. The minimum atomic E-state index is -1.09. The van der Waals surface area contributed by atoms with Crippen LogP contribution in [0.1, 0.15) is 62.6 Å². The van der Waals surface area contributed by atoms with Crippen LogP contribution in [0.15, 0.2) is 23.2 Å². The molecule has 2 spiro atoms. The van der Waals surface area contributed by atoms with Crippen LogP contribution in [0.25, 0.3) is 0 Å². The first kappa shape index (κ1) is 22.4. The molecule has 7 heteroatoms. The van der Waals surface area contributed by atoms with Crippen LogP contribution in [-0.4, -0.2) is 49.2 Å². The van der Waals surface area contributed by atoms with Gasteiger partial charge in [-0.1, -0.05) is 19.9 Å². The molecule has 1 saturated carbocycles. The molecule has 176 valence electrons. The Bertz CT molecular complexity index is 1030. The molecular weight excluding hydrogens is 416 g/mol. The zero-order chi connectivity index (χ0) is 23.4. The fourth-order valence-corrected chi connectivity index (χ4v) is 7.20. The Morgan fingerprint density at radius 3 is 2.85 bits per heavy atom. The number of nitrogens with zero attached hydrogens (tertiary/aromatic N) is 3. The Labute approximate surface area is 195 Å². The number of nitriles is 1. The lowest BCUT2D eigenvalue weighted by molar-refractivity contribution is -0.138. The van der Waals surface area contributed by atoms with Gasteiger partial charge in [-0.25, -0.2) is 4.99 Å². The Hall–Kier alpha value is -2.43. The van der Waals surface area contributed by atoms with Crippen LogP contribution in [0.5, 0.6) is 0 Å². The summed E-state index contributed by atoms with van der Waals surface area (Å²) in [6, 6.07) is 7.99. The molecule has 4 aliphatic rings. The second-order valence-electron chi connectivity index (χ2n) is 10.6. The maximum absolute atomic E-state index is 14.4. The quantitative estimate of drug-likeness (QED) is 0.763. The molecule has 0 aromatic heterocycles. The number of aliphatic imine (C=N–C) groups is 1. The average Bonchev–Trinajstić information content (AvgIpc) is 3.44. The fourth-order valence-electron chi connectivity index (χ4n) is 7.20. The van der Waals surface area contributed by atoms with Crippen LogP contribution in [0.3, 0.4) is 0 Å². The zero-order valence-corrected chi connectivity index (χ0v) is 19.8. The second kappa shape index (κ2) is 8.11. The smallest absolute Gasteiger partial charge is 0.262 e. The van der Waals surface area contributed by atoms with Gasteiger partial charge in [0.1, 0.15) is 0 Å². The van der Waals surface area contributed by atoms with Crippen LogP contribution >= 0.6 is 0 Å². The summed E-state index contributed by atoms with van der Waals surface area (Å²) < 4.78 is 11.7. The number of rotatable bonds is 3. The molecule has 1 aromatic rings. The number of benzene rings is 1. The van der Waals surface area contributed by atoms with Crippen molar-refractivity contribution in [3.8, 4) is 6.07 Å². The number of methoxy groups -OCH3 is 1. The molecular formula is C26H34N4O3. The number of ether oxygens (including phenoxy) is 2. The van der Waals surface area contributed by atoms with Gasteiger partial charge >= 0.3 is 0 Å². The summed E-state index contributed by atoms with van der Waals surface area (Å²) in [5.41, 5.74) is 7.52. The molecule has 2 aliphatic heterocycles. The van der Waals surface area contributed by atoms with E-state index in [4.69, 9.17) is 20.2 Å². The third kappa shape index (κ3) is 3.22. The summed E-state index contributed by atoms with van der Waals surface area (Å²) in [7, 11) is 1.79. The number of hydrogen-bond acceptors (Lipinski definition) is 6. The highest BCUT2D eigenvalue weighted by atomic mass is 16.5. The first-order valence-electron chi connectivity index (χ1n) is 12.2. The highest BCUT2D eigenvalue weighted by Gasteiger charge is 2.67. The van der Waals surface area contributed by atoms with Gasteiger partial charge in [-0.15, -0.1) is 0 Å². The SMILES string of the molecule is CO[C@H]1[C@H](C)C[C@]2(CC[C@@H]1C)Cc1ccc(C#N)cc1[C@]21N=C(N)N(C[C@H]2CCCO2)C1=O. The van der Waals surface area contributed by atoms with E-state index in [-0.39, 0.29) is 30.0 Å². The van der Waals surface area contributed by atoms with Crippen LogP contribution in [0.4, 0.5) is 0 Å².